The summed E-state index contributed by atoms with van der Waals surface area (Å²) in [5, 5.41) is 3.02. The number of ether oxygens (including phenoxy) is 2. The number of nitrogens with two attached hydrogens (primary N) is 1. The summed E-state index contributed by atoms with van der Waals surface area (Å²) in [6.07, 6.45) is 0. The van der Waals surface area contributed by atoms with Crippen molar-refractivity contribution >= 4 is 29.2 Å². The molecule has 0 aliphatic rings. The highest BCUT2D eigenvalue weighted by Gasteiger charge is 2.08. The molecule has 0 saturated carbocycles. The zero-order valence-corrected chi connectivity index (χ0v) is 12.5. The molecule has 112 valence electrons. The van der Waals surface area contributed by atoms with Crippen molar-refractivity contribution in [1.82, 2.24) is 15.0 Å². The molecule has 0 saturated heterocycles. The first-order valence-electron chi connectivity index (χ1n) is 6.46. The van der Waals surface area contributed by atoms with Crippen LogP contribution in [0.5, 0.6) is 11.5 Å². The smallest absolute Gasteiger partial charge is 0.233 e. The molecule has 2 rings (SSSR count). The van der Waals surface area contributed by atoms with Gasteiger partial charge in [0.25, 0.3) is 0 Å². The molecule has 1 aromatic carbocycles. The van der Waals surface area contributed by atoms with E-state index in [1.54, 1.807) is 6.07 Å². The zero-order valence-electron chi connectivity index (χ0n) is 11.8. The fraction of sp³-hybridized carbons (Fsp3) is 0.308. The van der Waals surface area contributed by atoms with Gasteiger partial charge in [-0.1, -0.05) is 0 Å². The van der Waals surface area contributed by atoms with Gasteiger partial charge in [0.1, 0.15) is 0 Å². The highest BCUT2D eigenvalue weighted by Crippen LogP contribution is 2.31. The molecule has 0 atom stereocenters. The largest absolute Gasteiger partial charge is 0.490 e. The van der Waals surface area contributed by atoms with Crippen molar-refractivity contribution in [2.75, 3.05) is 24.3 Å². The molecular formula is C13H16ClN5O2. The van der Waals surface area contributed by atoms with Gasteiger partial charge >= 0.3 is 0 Å². The maximum atomic E-state index is 5.74. The molecule has 2 aromatic rings. The Bertz CT molecular complexity index is 603. The van der Waals surface area contributed by atoms with Crippen molar-refractivity contribution in [2.24, 2.45) is 0 Å². The number of hydrogen-bond acceptors (Lipinski definition) is 7. The van der Waals surface area contributed by atoms with Gasteiger partial charge in [-0.3, -0.25) is 0 Å². The molecule has 3 N–H and O–H groups in total. The maximum absolute atomic E-state index is 5.74. The fourth-order valence-electron chi connectivity index (χ4n) is 1.68. The van der Waals surface area contributed by atoms with Crippen LogP contribution in [-0.4, -0.2) is 28.2 Å². The predicted octanol–water partition coefficient (Wildman–Crippen LogP) is 2.65. The first kappa shape index (κ1) is 15.1. The second-order valence-electron chi connectivity index (χ2n) is 3.94. The van der Waals surface area contributed by atoms with E-state index in [2.05, 4.69) is 20.3 Å². The number of hydrogen-bond donors (Lipinski definition) is 2. The third-order valence-electron chi connectivity index (χ3n) is 2.42. The average molecular weight is 310 g/mol. The number of nitrogens with one attached hydrogen (secondary N) is 1. The lowest BCUT2D eigenvalue weighted by Gasteiger charge is -2.13. The van der Waals surface area contributed by atoms with Crippen LogP contribution >= 0.6 is 11.6 Å². The Morgan fingerprint density at radius 1 is 1.10 bits per heavy atom. The Labute approximate surface area is 127 Å². The summed E-state index contributed by atoms with van der Waals surface area (Å²) >= 11 is 5.74. The van der Waals surface area contributed by atoms with E-state index in [0.29, 0.717) is 24.7 Å². The van der Waals surface area contributed by atoms with Crippen molar-refractivity contribution in [1.29, 1.82) is 0 Å². The second-order valence-corrected chi connectivity index (χ2v) is 4.28. The van der Waals surface area contributed by atoms with Gasteiger partial charge in [0.15, 0.2) is 11.5 Å². The quantitative estimate of drug-likeness (QED) is 0.846. The van der Waals surface area contributed by atoms with Gasteiger partial charge in [0.2, 0.25) is 17.2 Å². The van der Waals surface area contributed by atoms with Crippen molar-refractivity contribution in [2.45, 2.75) is 13.8 Å². The van der Waals surface area contributed by atoms with E-state index in [4.69, 9.17) is 26.8 Å². The van der Waals surface area contributed by atoms with Crippen LogP contribution in [-0.2, 0) is 0 Å². The number of nitrogens with zero attached hydrogens (tertiary/aromatic N) is 3. The highest BCUT2D eigenvalue weighted by atomic mass is 35.5. The molecule has 21 heavy (non-hydrogen) atoms. The minimum Gasteiger partial charge on any atom is -0.490 e. The van der Waals surface area contributed by atoms with Crippen LogP contribution in [0.25, 0.3) is 0 Å². The molecule has 0 fully saturated rings. The van der Waals surface area contributed by atoms with Gasteiger partial charge in [-0.25, -0.2) is 0 Å². The summed E-state index contributed by atoms with van der Waals surface area (Å²) in [4.78, 5) is 11.6. The number of benzene rings is 1. The number of aromatic nitrogens is 3. The van der Waals surface area contributed by atoms with Crippen LogP contribution in [0.15, 0.2) is 18.2 Å². The molecule has 8 heteroatoms. The molecule has 0 aliphatic heterocycles. The van der Waals surface area contributed by atoms with Crippen molar-refractivity contribution < 1.29 is 9.47 Å². The molecule has 0 amide bonds. The monoisotopic (exact) mass is 309 g/mol. The van der Waals surface area contributed by atoms with Crippen LogP contribution in [0.1, 0.15) is 13.8 Å². The van der Waals surface area contributed by atoms with Crippen molar-refractivity contribution in [3.8, 4) is 11.5 Å². The Kier molecular flexibility index (Phi) is 4.99. The highest BCUT2D eigenvalue weighted by molar-refractivity contribution is 6.28. The number of nitrogen functional groups attached to an aromatic ring is 1. The Morgan fingerprint density at radius 2 is 1.81 bits per heavy atom. The molecule has 1 aromatic heterocycles. The third kappa shape index (κ3) is 4.09. The second kappa shape index (κ2) is 6.94. The van der Waals surface area contributed by atoms with Gasteiger partial charge < -0.3 is 20.5 Å². The normalized spacial score (nSPS) is 10.2. The lowest BCUT2D eigenvalue weighted by Crippen LogP contribution is -2.04. The standard InChI is InChI=1S/C13H16ClN5O2/c1-3-20-9-6-5-8(7-10(9)21-4-2)16-13-18-11(14)17-12(15)19-13/h5-7H,3-4H2,1-2H3,(H3,15,16,17,18,19). The summed E-state index contributed by atoms with van der Waals surface area (Å²) in [5.41, 5.74) is 6.25. The molecule has 0 aliphatic carbocycles. The third-order valence-corrected chi connectivity index (χ3v) is 2.59. The van der Waals surface area contributed by atoms with Crippen LogP contribution in [0, 0.1) is 0 Å². The fourth-order valence-corrected chi connectivity index (χ4v) is 1.85. The van der Waals surface area contributed by atoms with Crippen LogP contribution in [0.2, 0.25) is 5.28 Å². The Hall–Kier alpha value is -2.28. The Balaban J connectivity index is 2.25. The van der Waals surface area contributed by atoms with Crippen molar-refractivity contribution in [3.63, 3.8) is 0 Å². The number of rotatable bonds is 6. The summed E-state index contributed by atoms with van der Waals surface area (Å²) in [5.74, 6) is 1.63. The summed E-state index contributed by atoms with van der Waals surface area (Å²) < 4.78 is 11.0. The lowest BCUT2D eigenvalue weighted by molar-refractivity contribution is 0.288. The summed E-state index contributed by atoms with van der Waals surface area (Å²) in [7, 11) is 0. The average Bonchev–Trinajstić information content (AvgIpc) is 2.41. The van der Waals surface area contributed by atoms with Gasteiger partial charge in [-0.15, -0.1) is 0 Å². The van der Waals surface area contributed by atoms with Gasteiger partial charge in [-0.05, 0) is 37.6 Å². The van der Waals surface area contributed by atoms with E-state index in [1.165, 1.54) is 0 Å². The molecule has 1 heterocycles. The van der Waals surface area contributed by atoms with E-state index in [9.17, 15) is 0 Å². The van der Waals surface area contributed by atoms with E-state index < -0.39 is 0 Å². The molecule has 0 spiro atoms. The predicted molar refractivity (Wildman–Crippen MR) is 81.3 cm³/mol. The van der Waals surface area contributed by atoms with Gasteiger partial charge in [0, 0.05) is 11.8 Å². The summed E-state index contributed by atoms with van der Waals surface area (Å²) in [6, 6.07) is 5.42. The molecule has 0 unspecified atom stereocenters. The molecule has 7 nitrogen and oxygen atoms in total. The van der Waals surface area contributed by atoms with Crippen LogP contribution in [0.3, 0.4) is 0 Å². The first-order chi connectivity index (χ1) is 10.1. The first-order valence-corrected chi connectivity index (χ1v) is 6.84. The SMILES string of the molecule is CCOc1ccc(Nc2nc(N)nc(Cl)n2)cc1OCC. The van der Waals surface area contributed by atoms with Crippen LogP contribution in [0.4, 0.5) is 17.6 Å². The minimum atomic E-state index is 0.0287. The van der Waals surface area contributed by atoms with Crippen LogP contribution < -0.4 is 20.5 Å². The molecular weight excluding hydrogens is 294 g/mol. The van der Waals surface area contributed by atoms with E-state index >= 15 is 0 Å². The van der Waals surface area contributed by atoms with Gasteiger partial charge in [0.05, 0.1) is 13.2 Å². The number of halogens is 1. The van der Waals surface area contributed by atoms with E-state index in [1.807, 2.05) is 26.0 Å². The molecule has 0 bridgehead atoms. The number of anilines is 3. The lowest BCUT2D eigenvalue weighted by atomic mass is 10.2. The zero-order chi connectivity index (χ0) is 15.2. The van der Waals surface area contributed by atoms with E-state index in [-0.39, 0.29) is 17.2 Å². The topological polar surface area (TPSA) is 95.2 Å². The van der Waals surface area contributed by atoms with Crippen molar-refractivity contribution in [3.05, 3.63) is 23.5 Å². The Morgan fingerprint density at radius 3 is 2.48 bits per heavy atom. The van der Waals surface area contributed by atoms with E-state index in [0.717, 1.165) is 5.69 Å². The minimum absolute atomic E-state index is 0.0287. The molecule has 0 radical (unpaired) electrons. The summed E-state index contributed by atoms with van der Waals surface area (Å²) in [6.45, 7) is 4.92. The van der Waals surface area contributed by atoms with Gasteiger partial charge in [-0.2, -0.15) is 15.0 Å². The maximum Gasteiger partial charge on any atom is 0.233 e.